The number of nitrogens with zero attached hydrogens (tertiary/aromatic N) is 1. The van der Waals surface area contributed by atoms with E-state index < -0.39 is 0 Å². The zero-order chi connectivity index (χ0) is 17.9. The number of rotatable bonds is 5. The second-order valence-electron chi connectivity index (χ2n) is 6.26. The molecule has 0 radical (unpaired) electrons. The molecule has 24 heavy (non-hydrogen) atoms. The molecule has 1 atom stereocenters. The molecule has 2 nitrogen and oxygen atoms in total. The van der Waals surface area contributed by atoms with E-state index in [4.69, 9.17) is 23.2 Å². The lowest BCUT2D eigenvalue weighted by Gasteiger charge is -2.24. The van der Waals surface area contributed by atoms with Crippen LogP contribution in [0.25, 0.3) is 0 Å². The summed E-state index contributed by atoms with van der Waals surface area (Å²) >= 11 is 12.1. The van der Waals surface area contributed by atoms with Crippen molar-refractivity contribution < 1.29 is 4.79 Å². The summed E-state index contributed by atoms with van der Waals surface area (Å²) in [7, 11) is 1.84. The quantitative estimate of drug-likeness (QED) is 0.649. The molecule has 2 rings (SSSR count). The second kappa shape index (κ2) is 8.04. The molecule has 0 unspecified atom stereocenters. The van der Waals surface area contributed by atoms with Crippen LogP contribution < -0.4 is 0 Å². The van der Waals surface area contributed by atoms with Gasteiger partial charge in [-0.05, 0) is 61.2 Å². The highest BCUT2D eigenvalue weighted by Gasteiger charge is 2.18. The Labute approximate surface area is 154 Å². The van der Waals surface area contributed by atoms with Gasteiger partial charge in [0.25, 0.3) is 5.91 Å². The molecule has 0 spiro atoms. The minimum Gasteiger partial charge on any atom is -0.341 e. The van der Waals surface area contributed by atoms with Crippen molar-refractivity contribution in [3.05, 3.63) is 68.7 Å². The normalized spacial score (nSPS) is 12.1. The number of likely N-dealkylation sites (N-methyl/N-ethyl adjacent to an activating group) is 1. The average molecular weight is 364 g/mol. The zero-order valence-corrected chi connectivity index (χ0v) is 16.1. The highest BCUT2D eigenvalue weighted by Crippen LogP contribution is 2.28. The first-order valence-corrected chi connectivity index (χ1v) is 8.86. The van der Waals surface area contributed by atoms with Crippen LogP contribution in [0, 0.1) is 13.8 Å². The molecule has 0 saturated heterocycles. The first-order valence-electron chi connectivity index (χ1n) is 8.11. The lowest BCUT2D eigenvalue weighted by atomic mass is 9.95. The fourth-order valence-corrected chi connectivity index (χ4v) is 3.05. The minimum atomic E-state index is 0.0385. The number of hydrogen-bond acceptors (Lipinski definition) is 1. The molecule has 0 fully saturated rings. The van der Waals surface area contributed by atoms with E-state index in [9.17, 15) is 4.79 Å². The topological polar surface area (TPSA) is 20.3 Å². The third-order valence-electron chi connectivity index (χ3n) is 4.50. The van der Waals surface area contributed by atoms with Crippen LogP contribution in [0.2, 0.25) is 10.0 Å². The molecular formula is C20H23Cl2NO. The van der Waals surface area contributed by atoms with Gasteiger partial charge < -0.3 is 4.90 Å². The SMILES string of the molecule is CC[C@H](CN(C)C(=O)c1ccc(C)c(C)c1)c1ccc(Cl)c(Cl)c1. The molecule has 0 aliphatic carbocycles. The van der Waals surface area contributed by atoms with Crippen LogP contribution >= 0.6 is 23.2 Å². The first-order chi connectivity index (χ1) is 11.3. The second-order valence-corrected chi connectivity index (χ2v) is 7.08. The lowest BCUT2D eigenvalue weighted by Crippen LogP contribution is -2.31. The molecule has 0 aliphatic heterocycles. The van der Waals surface area contributed by atoms with Crippen molar-refractivity contribution in [2.45, 2.75) is 33.1 Å². The van der Waals surface area contributed by atoms with Gasteiger partial charge in [-0.1, -0.05) is 42.3 Å². The van der Waals surface area contributed by atoms with Crippen LogP contribution in [-0.4, -0.2) is 24.4 Å². The maximum Gasteiger partial charge on any atom is 0.253 e. The maximum absolute atomic E-state index is 12.7. The first kappa shape index (κ1) is 18.8. The summed E-state index contributed by atoms with van der Waals surface area (Å²) in [5.41, 5.74) is 4.15. The number of hydrogen-bond donors (Lipinski definition) is 0. The Balaban J connectivity index is 2.15. The van der Waals surface area contributed by atoms with Crippen molar-refractivity contribution in [1.29, 1.82) is 0 Å². The van der Waals surface area contributed by atoms with Crippen molar-refractivity contribution in [3.63, 3.8) is 0 Å². The molecule has 4 heteroatoms. The predicted octanol–water partition coefficient (Wildman–Crippen LogP) is 5.88. The molecule has 0 heterocycles. The van der Waals surface area contributed by atoms with Crippen LogP contribution in [0.3, 0.4) is 0 Å². The Morgan fingerprint density at radius 1 is 1.04 bits per heavy atom. The fourth-order valence-electron chi connectivity index (χ4n) is 2.74. The summed E-state index contributed by atoms with van der Waals surface area (Å²) < 4.78 is 0. The lowest BCUT2D eigenvalue weighted by molar-refractivity contribution is 0.0785. The molecule has 0 aliphatic rings. The third kappa shape index (κ3) is 4.31. The van der Waals surface area contributed by atoms with Gasteiger partial charge in [-0.2, -0.15) is 0 Å². The Morgan fingerprint density at radius 3 is 2.33 bits per heavy atom. The van der Waals surface area contributed by atoms with E-state index in [2.05, 4.69) is 6.92 Å². The summed E-state index contributed by atoms with van der Waals surface area (Å²) in [6.45, 7) is 6.82. The van der Waals surface area contributed by atoms with Gasteiger partial charge in [0.15, 0.2) is 0 Å². The number of carbonyl (C=O) groups is 1. The van der Waals surface area contributed by atoms with Crippen LogP contribution in [0.1, 0.15) is 46.3 Å². The van der Waals surface area contributed by atoms with Gasteiger partial charge in [0.1, 0.15) is 0 Å². The number of carbonyl (C=O) groups excluding carboxylic acids is 1. The third-order valence-corrected chi connectivity index (χ3v) is 5.24. The summed E-state index contributed by atoms with van der Waals surface area (Å²) in [6, 6.07) is 11.5. The van der Waals surface area contributed by atoms with Gasteiger partial charge in [-0.3, -0.25) is 4.79 Å². The van der Waals surface area contributed by atoms with Crippen molar-refractivity contribution in [1.82, 2.24) is 4.90 Å². The minimum absolute atomic E-state index is 0.0385. The monoisotopic (exact) mass is 363 g/mol. The van der Waals surface area contributed by atoms with Gasteiger partial charge in [-0.15, -0.1) is 0 Å². The Bertz CT molecular complexity index is 742. The molecule has 2 aromatic carbocycles. The van der Waals surface area contributed by atoms with E-state index in [0.29, 0.717) is 16.6 Å². The Morgan fingerprint density at radius 2 is 1.75 bits per heavy atom. The number of amides is 1. The zero-order valence-electron chi connectivity index (χ0n) is 14.6. The van der Waals surface area contributed by atoms with Crippen molar-refractivity contribution >= 4 is 29.1 Å². The summed E-state index contributed by atoms with van der Waals surface area (Å²) in [6.07, 6.45) is 0.919. The highest BCUT2D eigenvalue weighted by atomic mass is 35.5. The summed E-state index contributed by atoms with van der Waals surface area (Å²) in [5, 5.41) is 1.10. The van der Waals surface area contributed by atoms with Crippen LogP contribution in [0.4, 0.5) is 0 Å². The van der Waals surface area contributed by atoms with Crippen LogP contribution in [-0.2, 0) is 0 Å². The summed E-state index contributed by atoms with van der Waals surface area (Å²) in [5.74, 6) is 0.261. The van der Waals surface area contributed by atoms with Crippen LogP contribution in [0.5, 0.6) is 0 Å². The fraction of sp³-hybridized carbons (Fsp3) is 0.350. The van der Waals surface area contributed by atoms with E-state index in [-0.39, 0.29) is 11.8 Å². The van der Waals surface area contributed by atoms with Gasteiger partial charge in [0.2, 0.25) is 0 Å². The van der Waals surface area contributed by atoms with E-state index in [0.717, 1.165) is 23.1 Å². The number of benzene rings is 2. The molecule has 128 valence electrons. The van der Waals surface area contributed by atoms with Gasteiger partial charge in [0, 0.05) is 25.1 Å². The number of halogens is 2. The van der Waals surface area contributed by atoms with E-state index in [1.807, 2.05) is 57.3 Å². The molecule has 0 bridgehead atoms. The van der Waals surface area contributed by atoms with Crippen molar-refractivity contribution in [2.75, 3.05) is 13.6 Å². The van der Waals surface area contributed by atoms with Gasteiger partial charge in [-0.25, -0.2) is 0 Å². The van der Waals surface area contributed by atoms with Crippen molar-refractivity contribution in [3.8, 4) is 0 Å². The number of aryl methyl sites for hydroxylation is 2. The molecule has 0 saturated carbocycles. The van der Waals surface area contributed by atoms with Crippen molar-refractivity contribution in [2.24, 2.45) is 0 Å². The van der Waals surface area contributed by atoms with Gasteiger partial charge >= 0.3 is 0 Å². The predicted molar refractivity (Wildman–Crippen MR) is 102 cm³/mol. The Kier molecular flexibility index (Phi) is 6.31. The van der Waals surface area contributed by atoms with Crippen LogP contribution in [0.15, 0.2) is 36.4 Å². The average Bonchev–Trinajstić information content (AvgIpc) is 2.56. The molecule has 1 amide bonds. The van der Waals surface area contributed by atoms with E-state index in [1.165, 1.54) is 5.56 Å². The summed E-state index contributed by atoms with van der Waals surface area (Å²) in [4.78, 5) is 14.5. The largest absolute Gasteiger partial charge is 0.341 e. The Hall–Kier alpha value is -1.51. The highest BCUT2D eigenvalue weighted by molar-refractivity contribution is 6.42. The van der Waals surface area contributed by atoms with E-state index in [1.54, 1.807) is 4.90 Å². The maximum atomic E-state index is 12.7. The van der Waals surface area contributed by atoms with E-state index >= 15 is 0 Å². The smallest absolute Gasteiger partial charge is 0.253 e. The molecule has 0 N–H and O–H groups in total. The van der Waals surface area contributed by atoms with Gasteiger partial charge in [0.05, 0.1) is 10.0 Å². The molecule has 2 aromatic rings. The molecule has 0 aromatic heterocycles. The standard InChI is InChI=1S/C20H23Cl2NO/c1-5-15(16-8-9-18(21)19(22)11-16)12-23(4)20(24)17-7-6-13(2)14(3)10-17/h6-11,15H,5,12H2,1-4H3/t15-/m1/s1. The molecular weight excluding hydrogens is 341 g/mol.